The molecule has 0 radical (unpaired) electrons. The van der Waals surface area contributed by atoms with Crippen molar-refractivity contribution in [1.82, 2.24) is 19.6 Å². The fraction of sp³-hybridized carbons (Fsp3) is 0.965. The molecule has 0 aromatic rings. The molecule has 1 heterocycles. The van der Waals surface area contributed by atoms with Crippen LogP contribution in [0.3, 0.4) is 0 Å². The van der Waals surface area contributed by atoms with Crippen molar-refractivity contribution in [3.63, 3.8) is 0 Å². The van der Waals surface area contributed by atoms with Crippen LogP contribution in [0.25, 0.3) is 0 Å². The minimum absolute atomic E-state index is 0.0191. The van der Waals surface area contributed by atoms with Crippen LogP contribution in [0.15, 0.2) is 0 Å². The van der Waals surface area contributed by atoms with Gasteiger partial charge in [-0.3, -0.25) is 29.1 Å². The number of esters is 3. The van der Waals surface area contributed by atoms with Crippen molar-refractivity contribution in [1.29, 1.82) is 0 Å². The van der Waals surface area contributed by atoms with E-state index in [2.05, 4.69) is 89.7 Å². The number of ether oxygens (including phenoxy) is 3. The molecule has 2 N–H and O–H groups in total. The molecule has 1 aliphatic heterocycles. The maximum Gasteiger partial charge on any atom is 0.306 e. The average Bonchev–Trinajstić information content (AvgIpc) is 0.864. The van der Waals surface area contributed by atoms with Crippen LogP contribution >= 0.6 is 21.6 Å². The number of hydrogen-bond acceptors (Lipinski definition) is 14. The Morgan fingerprint density at radius 3 is 1.12 bits per heavy atom. The Morgan fingerprint density at radius 2 is 0.670 bits per heavy atom. The third kappa shape index (κ3) is 64.1. The zero-order valence-electron chi connectivity index (χ0n) is 67.5. The molecule has 0 spiro atoms. The quantitative estimate of drug-likeness (QED) is 0.0259. The summed E-state index contributed by atoms with van der Waals surface area (Å²) in [6.07, 6.45) is 65.5. The number of aliphatic hydroxyl groups is 2. The molecule has 594 valence electrons. The number of carbonyl (C=O) groups is 3. The predicted octanol–water partition coefficient (Wildman–Crippen LogP) is 23.4. The summed E-state index contributed by atoms with van der Waals surface area (Å²) < 4.78 is 17.6. The summed E-state index contributed by atoms with van der Waals surface area (Å²) >= 11 is 0. The molecule has 0 amide bonds. The van der Waals surface area contributed by atoms with Crippen molar-refractivity contribution in [2.75, 3.05) is 90.2 Å². The second-order valence-electron chi connectivity index (χ2n) is 31.1. The first-order valence-electron chi connectivity index (χ1n) is 44.0. The van der Waals surface area contributed by atoms with E-state index >= 15 is 0 Å². The van der Waals surface area contributed by atoms with Crippen molar-refractivity contribution in [3.05, 3.63) is 0 Å². The van der Waals surface area contributed by atoms with Gasteiger partial charge in [0.2, 0.25) is 0 Å². The predicted molar refractivity (Wildman–Crippen MR) is 435 cm³/mol. The van der Waals surface area contributed by atoms with Crippen molar-refractivity contribution in [3.8, 4) is 0 Å². The number of piperazine rings is 1. The molecule has 14 heteroatoms. The molecule has 100 heavy (non-hydrogen) atoms. The number of rotatable bonds is 79. The third-order valence-electron chi connectivity index (χ3n) is 21.2. The Balaban J connectivity index is 2.49. The van der Waals surface area contributed by atoms with Gasteiger partial charge in [-0.2, -0.15) is 0 Å². The lowest BCUT2D eigenvalue weighted by molar-refractivity contribution is -0.150. The van der Waals surface area contributed by atoms with E-state index in [-0.39, 0.29) is 24.0 Å². The van der Waals surface area contributed by atoms with Gasteiger partial charge in [-0.1, -0.05) is 300 Å². The second kappa shape index (κ2) is 74.7. The maximum atomic E-state index is 13.1. The van der Waals surface area contributed by atoms with E-state index in [0.717, 1.165) is 129 Å². The highest BCUT2D eigenvalue weighted by molar-refractivity contribution is 8.76. The Morgan fingerprint density at radius 1 is 0.350 bits per heavy atom. The second-order valence-corrected chi connectivity index (χ2v) is 33.8. The highest BCUT2D eigenvalue weighted by Crippen LogP contribution is 2.26. The van der Waals surface area contributed by atoms with E-state index in [9.17, 15) is 24.6 Å². The fourth-order valence-corrected chi connectivity index (χ4v) is 16.9. The van der Waals surface area contributed by atoms with Gasteiger partial charge in [-0.15, -0.1) is 0 Å². The lowest BCUT2D eigenvalue weighted by Crippen LogP contribution is -2.57. The lowest BCUT2D eigenvalue weighted by Gasteiger charge is -2.44. The van der Waals surface area contributed by atoms with Crippen LogP contribution in [0, 0.1) is 0 Å². The summed E-state index contributed by atoms with van der Waals surface area (Å²) in [6, 6.07) is 0.887. The van der Waals surface area contributed by atoms with E-state index in [0.29, 0.717) is 70.6 Å². The lowest BCUT2D eigenvalue weighted by atomic mass is 10.0. The van der Waals surface area contributed by atoms with Crippen LogP contribution in [-0.4, -0.2) is 168 Å². The van der Waals surface area contributed by atoms with Crippen LogP contribution < -0.4 is 0 Å². The number of aliphatic hydroxyl groups excluding tert-OH is 2. The van der Waals surface area contributed by atoms with Crippen molar-refractivity contribution >= 4 is 39.5 Å². The Kier molecular flexibility index (Phi) is 72.4. The molecule has 1 fully saturated rings. The van der Waals surface area contributed by atoms with Crippen LogP contribution in [0.2, 0.25) is 0 Å². The Labute approximate surface area is 629 Å². The van der Waals surface area contributed by atoms with E-state index in [1.54, 1.807) is 0 Å². The van der Waals surface area contributed by atoms with Gasteiger partial charge < -0.3 is 29.3 Å². The van der Waals surface area contributed by atoms with Gasteiger partial charge in [-0.05, 0) is 149 Å². The van der Waals surface area contributed by atoms with Gasteiger partial charge >= 0.3 is 17.9 Å². The van der Waals surface area contributed by atoms with Crippen LogP contribution in [0.5, 0.6) is 0 Å². The van der Waals surface area contributed by atoms with Gasteiger partial charge in [0.25, 0.3) is 0 Å². The van der Waals surface area contributed by atoms with Crippen molar-refractivity contribution < 1.29 is 38.8 Å². The zero-order chi connectivity index (χ0) is 72.7. The molecule has 12 nitrogen and oxygen atoms in total. The van der Waals surface area contributed by atoms with Crippen molar-refractivity contribution in [2.24, 2.45) is 0 Å². The summed E-state index contributed by atoms with van der Waals surface area (Å²) in [4.78, 5) is 48.7. The number of nitrogens with zero attached hydrogens (tertiary/aromatic N) is 4. The monoisotopic (exact) mass is 1450 g/mol. The largest absolute Gasteiger partial charge is 0.466 e. The maximum absolute atomic E-state index is 13.1. The standard InChI is InChI=1S/C86H170N4O8S2/c1-8-13-18-23-28-31-34-42-54-71-96-84(93)62-49-43-51-66-87(65-50-41-35-40-48-63-86(95)98-83(60-46-38-26-21-16-11-4)61-47-39-27-22-17-12-5)67-52-55-73-99-100-74-56-53-69-89-75-80(7)90(76-79(89)6)70-72-97-85(94)64-57-68-88(77-81(91)58-44-36-32-29-24-19-14-9-2)78-82(92)59-45-37-33-30-25-20-15-10-3/h79-83,91-92H,8-78H2,1-7H3. The third-order valence-corrected chi connectivity index (χ3v) is 23.8. The molecule has 0 bridgehead atoms. The molecule has 0 aromatic heterocycles. The number of unbranched alkanes of at least 4 members (excludes halogenated alkanes) is 40. The summed E-state index contributed by atoms with van der Waals surface area (Å²) in [6.45, 7) is 26.1. The van der Waals surface area contributed by atoms with E-state index in [1.807, 2.05) is 0 Å². The van der Waals surface area contributed by atoms with Crippen molar-refractivity contribution in [2.45, 2.75) is 445 Å². The Hall–Kier alpha value is -1.13. The number of hydrogen-bond donors (Lipinski definition) is 2. The van der Waals surface area contributed by atoms with Gasteiger partial charge in [0.1, 0.15) is 12.7 Å². The summed E-state index contributed by atoms with van der Waals surface area (Å²) in [7, 11) is 4.10. The number of carbonyl (C=O) groups excluding carboxylic acids is 3. The fourth-order valence-electron chi connectivity index (χ4n) is 14.6. The van der Waals surface area contributed by atoms with E-state index in [4.69, 9.17) is 14.2 Å². The van der Waals surface area contributed by atoms with Gasteiger partial charge in [0, 0.05) is 75.6 Å². The summed E-state index contributed by atoms with van der Waals surface area (Å²) in [5.41, 5.74) is 0. The highest BCUT2D eigenvalue weighted by Gasteiger charge is 2.29. The first-order chi connectivity index (χ1) is 48.9. The summed E-state index contributed by atoms with van der Waals surface area (Å²) in [5.74, 6) is 2.25. The van der Waals surface area contributed by atoms with Crippen LogP contribution in [0.1, 0.15) is 414 Å². The SMILES string of the molecule is CCCCCCCCCCCOC(=O)CCCCCN(CCCCCCCC(=O)OC(CCCCCCCC)CCCCCCCC)CCCCSSCCCCN1CC(C)N(CCOC(=O)CCCN(CC(O)CCCCCCCCCC)CC(O)CCCCCCCCCC)CC1C. The molecular formula is C86H170N4O8S2. The highest BCUT2D eigenvalue weighted by atomic mass is 33.1. The molecule has 0 saturated carbocycles. The minimum atomic E-state index is -0.410. The topological polar surface area (TPSA) is 132 Å². The van der Waals surface area contributed by atoms with Gasteiger partial charge in [-0.25, -0.2) is 0 Å². The van der Waals surface area contributed by atoms with E-state index in [1.165, 1.54) is 268 Å². The van der Waals surface area contributed by atoms with Gasteiger partial charge in [0.15, 0.2) is 0 Å². The molecule has 4 atom stereocenters. The smallest absolute Gasteiger partial charge is 0.306 e. The normalized spacial score (nSPS) is 15.2. The molecule has 1 rings (SSSR count). The molecule has 4 unspecified atom stereocenters. The Bertz CT molecular complexity index is 1700. The van der Waals surface area contributed by atoms with Crippen LogP contribution in [-0.2, 0) is 28.6 Å². The average molecular weight is 1450 g/mol. The van der Waals surface area contributed by atoms with Gasteiger partial charge in [0.05, 0.1) is 18.8 Å². The van der Waals surface area contributed by atoms with E-state index < -0.39 is 12.2 Å². The van der Waals surface area contributed by atoms with Crippen LogP contribution in [0.4, 0.5) is 0 Å². The molecular weight excluding hydrogens is 1280 g/mol. The molecule has 0 aliphatic carbocycles. The zero-order valence-corrected chi connectivity index (χ0v) is 69.2. The molecule has 1 saturated heterocycles. The molecule has 1 aliphatic rings. The summed E-state index contributed by atoms with van der Waals surface area (Å²) in [5, 5.41) is 22.2. The first-order valence-corrected chi connectivity index (χ1v) is 46.5. The minimum Gasteiger partial charge on any atom is -0.466 e. The molecule has 0 aromatic carbocycles. The first kappa shape index (κ1) is 96.9.